The highest BCUT2D eigenvalue weighted by atomic mass is 16.6. The van der Waals surface area contributed by atoms with Gasteiger partial charge in [0.15, 0.2) is 11.9 Å². The van der Waals surface area contributed by atoms with Crippen molar-refractivity contribution in [3.8, 4) is 0 Å². The average molecular weight is 237 g/mol. The summed E-state index contributed by atoms with van der Waals surface area (Å²) in [6.07, 6.45) is 1.51. The summed E-state index contributed by atoms with van der Waals surface area (Å²) in [7, 11) is 0. The van der Waals surface area contributed by atoms with E-state index in [1.165, 1.54) is 12.3 Å². The number of hydrogen-bond donors (Lipinski definition) is 0. The first-order valence-electron chi connectivity index (χ1n) is 5.31. The van der Waals surface area contributed by atoms with Gasteiger partial charge in [0, 0.05) is 12.6 Å². The molecule has 0 aromatic carbocycles. The fourth-order valence-electron chi connectivity index (χ4n) is 2.13. The van der Waals surface area contributed by atoms with Crippen molar-refractivity contribution in [3.63, 3.8) is 0 Å². The molecular weight excluding hydrogens is 226 g/mol. The van der Waals surface area contributed by atoms with E-state index in [4.69, 9.17) is 9.47 Å². The molecule has 1 spiro atoms. The van der Waals surface area contributed by atoms with Gasteiger partial charge in [0.25, 0.3) is 0 Å². The second kappa shape index (κ2) is 3.64. The van der Waals surface area contributed by atoms with Crippen molar-refractivity contribution in [2.75, 3.05) is 31.3 Å². The molecule has 0 radical (unpaired) electrons. The SMILES string of the molecule is O=[N+]([O-])c1ccc(N2CCOC23COC3)cn1. The summed E-state index contributed by atoms with van der Waals surface area (Å²) >= 11 is 0. The Morgan fingerprint density at radius 2 is 2.29 bits per heavy atom. The molecule has 7 nitrogen and oxygen atoms in total. The van der Waals surface area contributed by atoms with E-state index in [1.54, 1.807) is 6.07 Å². The molecule has 1 aromatic heterocycles. The van der Waals surface area contributed by atoms with Gasteiger partial charge in [0.05, 0.1) is 25.5 Å². The van der Waals surface area contributed by atoms with E-state index in [9.17, 15) is 10.1 Å². The Hall–Kier alpha value is -1.73. The Kier molecular flexibility index (Phi) is 2.23. The molecule has 17 heavy (non-hydrogen) atoms. The van der Waals surface area contributed by atoms with Gasteiger partial charge >= 0.3 is 5.82 Å². The molecule has 2 aliphatic rings. The third kappa shape index (κ3) is 1.55. The summed E-state index contributed by atoms with van der Waals surface area (Å²) in [6.45, 7) is 2.46. The van der Waals surface area contributed by atoms with Gasteiger partial charge in [0.2, 0.25) is 0 Å². The first-order chi connectivity index (χ1) is 8.21. The Morgan fingerprint density at radius 3 is 2.82 bits per heavy atom. The molecule has 3 rings (SSSR count). The Morgan fingerprint density at radius 1 is 1.47 bits per heavy atom. The highest BCUT2D eigenvalue weighted by Gasteiger charge is 2.49. The summed E-state index contributed by atoms with van der Waals surface area (Å²) in [6, 6.07) is 3.10. The lowest BCUT2D eigenvalue weighted by Gasteiger charge is -2.43. The van der Waals surface area contributed by atoms with Crippen LogP contribution in [0.15, 0.2) is 18.3 Å². The number of rotatable bonds is 2. The highest BCUT2D eigenvalue weighted by Crippen LogP contribution is 2.35. The van der Waals surface area contributed by atoms with Gasteiger partial charge in [-0.3, -0.25) is 0 Å². The zero-order chi connectivity index (χ0) is 11.9. The quantitative estimate of drug-likeness (QED) is 0.552. The number of hydrogen-bond acceptors (Lipinski definition) is 6. The smallest absolute Gasteiger partial charge is 0.363 e. The molecule has 0 aliphatic carbocycles. The van der Waals surface area contributed by atoms with Crippen LogP contribution in [0.3, 0.4) is 0 Å². The summed E-state index contributed by atoms with van der Waals surface area (Å²) < 4.78 is 10.8. The molecule has 0 amide bonds. The van der Waals surface area contributed by atoms with Crippen LogP contribution < -0.4 is 4.90 Å². The number of pyridine rings is 1. The second-order valence-corrected chi connectivity index (χ2v) is 4.07. The minimum absolute atomic E-state index is 0.146. The molecule has 1 aromatic rings. The average Bonchev–Trinajstić information content (AvgIpc) is 2.73. The zero-order valence-corrected chi connectivity index (χ0v) is 9.04. The molecule has 0 atom stereocenters. The molecule has 0 bridgehead atoms. The number of anilines is 1. The molecule has 2 fully saturated rings. The van der Waals surface area contributed by atoms with E-state index in [-0.39, 0.29) is 11.5 Å². The van der Waals surface area contributed by atoms with Crippen LogP contribution in [0.5, 0.6) is 0 Å². The fraction of sp³-hybridized carbons (Fsp3) is 0.500. The Labute approximate surface area is 97.1 Å². The number of aromatic nitrogens is 1. The van der Waals surface area contributed by atoms with Gasteiger partial charge in [-0.15, -0.1) is 0 Å². The van der Waals surface area contributed by atoms with Crippen LogP contribution in [0.1, 0.15) is 0 Å². The largest absolute Gasteiger partial charge is 0.371 e. The maximum atomic E-state index is 10.5. The zero-order valence-electron chi connectivity index (χ0n) is 9.04. The third-order valence-corrected chi connectivity index (χ3v) is 3.06. The van der Waals surface area contributed by atoms with E-state index >= 15 is 0 Å². The molecule has 0 N–H and O–H groups in total. The van der Waals surface area contributed by atoms with Crippen molar-refractivity contribution < 1.29 is 14.4 Å². The number of nitrogens with zero attached hydrogens (tertiary/aromatic N) is 3. The van der Waals surface area contributed by atoms with Gasteiger partial charge in [-0.05, 0) is 16.0 Å². The maximum Gasteiger partial charge on any atom is 0.363 e. The predicted octanol–water partition coefficient (Wildman–Crippen LogP) is 0.553. The summed E-state index contributed by atoms with van der Waals surface area (Å²) in [5, 5.41) is 10.5. The lowest BCUT2D eigenvalue weighted by molar-refractivity contribution is -0.389. The van der Waals surface area contributed by atoms with E-state index in [2.05, 4.69) is 4.98 Å². The second-order valence-electron chi connectivity index (χ2n) is 4.07. The van der Waals surface area contributed by atoms with Crippen molar-refractivity contribution in [3.05, 3.63) is 28.4 Å². The third-order valence-electron chi connectivity index (χ3n) is 3.06. The molecule has 90 valence electrons. The van der Waals surface area contributed by atoms with Crippen LogP contribution in [0, 0.1) is 10.1 Å². The number of ether oxygens (including phenoxy) is 2. The molecule has 7 heteroatoms. The minimum atomic E-state index is -0.507. The summed E-state index contributed by atoms with van der Waals surface area (Å²) in [5.41, 5.74) is 0.453. The Bertz CT molecular complexity index is 443. The molecule has 0 unspecified atom stereocenters. The van der Waals surface area contributed by atoms with E-state index < -0.39 is 4.92 Å². The predicted molar refractivity (Wildman–Crippen MR) is 57.7 cm³/mol. The fourth-order valence-corrected chi connectivity index (χ4v) is 2.13. The van der Waals surface area contributed by atoms with E-state index in [0.29, 0.717) is 19.8 Å². The summed E-state index contributed by atoms with van der Waals surface area (Å²) in [4.78, 5) is 15.9. The lowest BCUT2D eigenvalue weighted by Crippen LogP contribution is -2.60. The van der Waals surface area contributed by atoms with Crippen LogP contribution in [0.25, 0.3) is 0 Å². The van der Waals surface area contributed by atoms with E-state index in [1.807, 2.05) is 4.90 Å². The van der Waals surface area contributed by atoms with Crippen LogP contribution in [0.4, 0.5) is 11.5 Å². The maximum absolute atomic E-state index is 10.5. The van der Waals surface area contributed by atoms with Gasteiger partial charge in [-0.1, -0.05) is 0 Å². The van der Waals surface area contributed by atoms with Crippen LogP contribution in [0.2, 0.25) is 0 Å². The van der Waals surface area contributed by atoms with Crippen LogP contribution in [-0.2, 0) is 9.47 Å². The Balaban J connectivity index is 1.86. The topological polar surface area (TPSA) is 77.7 Å². The van der Waals surface area contributed by atoms with Gasteiger partial charge in [-0.2, -0.15) is 0 Å². The highest BCUT2D eigenvalue weighted by molar-refractivity contribution is 5.50. The van der Waals surface area contributed by atoms with Gasteiger partial charge < -0.3 is 24.5 Å². The normalized spacial score (nSPS) is 21.5. The van der Waals surface area contributed by atoms with Crippen molar-refractivity contribution >= 4 is 11.5 Å². The first-order valence-corrected chi connectivity index (χ1v) is 5.31. The number of nitro groups is 1. The molecule has 0 saturated carbocycles. The van der Waals surface area contributed by atoms with Crippen molar-refractivity contribution in [2.24, 2.45) is 0 Å². The summed E-state index contributed by atoms with van der Waals surface area (Å²) in [5.74, 6) is -0.146. The van der Waals surface area contributed by atoms with Gasteiger partial charge in [-0.25, -0.2) is 0 Å². The van der Waals surface area contributed by atoms with Gasteiger partial charge in [0.1, 0.15) is 0 Å². The monoisotopic (exact) mass is 237 g/mol. The van der Waals surface area contributed by atoms with E-state index in [0.717, 1.165) is 12.2 Å². The molecular formula is C10H11N3O4. The van der Waals surface area contributed by atoms with Crippen LogP contribution >= 0.6 is 0 Å². The molecule has 3 heterocycles. The van der Waals surface area contributed by atoms with Crippen LogP contribution in [-0.4, -0.2) is 42.0 Å². The molecule has 2 saturated heterocycles. The van der Waals surface area contributed by atoms with Crippen molar-refractivity contribution in [2.45, 2.75) is 5.72 Å². The first kappa shape index (κ1) is 10.4. The standard InChI is InChI=1S/C10H11N3O4/c14-13(15)9-2-1-8(5-11-9)12-3-4-17-10(12)6-16-7-10/h1-2,5H,3-4,6-7H2. The van der Waals surface area contributed by atoms with Crippen molar-refractivity contribution in [1.29, 1.82) is 0 Å². The molecule has 2 aliphatic heterocycles. The minimum Gasteiger partial charge on any atom is -0.371 e. The lowest BCUT2D eigenvalue weighted by atomic mass is 10.1. The van der Waals surface area contributed by atoms with Crippen molar-refractivity contribution in [1.82, 2.24) is 4.98 Å².